The Balaban J connectivity index is 1.89. The van der Waals surface area contributed by atoms with Gasteiger partial charge in [-0.15, -0.1) is 0 Å². The molecule has 112 valence electrons. The summed E-state index contributed by atoms with van der Waals surface area (Å²) in [5.74, 6) is -0.812. The van der Waals surface area contributed by atoms with Crippen LogP contribution < -0.4 is 5.32 Å². The van der Waals surface area contributed by atoms with Gasteiger partial charge in [0.2, 0.25) is 5.89 Å². The van der Waals surface area contributed by atoms with Crippen molar-refractivity contribution in [3.63, 3.8) is 0 Å². The molecule has 0 aliphatic carbocycles. The summed E-state index contributed by atoms with van der Waals surface area (Å²) in [6.07, 6.45) is 1.44. The fourth-order valence-electron chi connectivity index (χ4n) is 2.03. The second kappa shape index (κ2) is 6.03. The molecular formula is C17H11N3O3. The first kappa shape index (κ1) is 14.4. The minimum Gasteiger partial charge on any atom is -0.478 e. The third-order valence-electron chi connectivity index (χ3n) is 3.14. The first-order valence-electron chi connectivity index (χ1n) is 6.73. The number of para-hydroxylation sites is 2. The lowest BCUT2D eigenvalue weighted by Crippen LogP contribution is -1.97. The van der Waals surface area contributed by atoms with E-state index in [9.17, 15) is 10.1 Å². The molecule has 0 unspecified atom stereocenters. The smallest absolute Gasteiger partial charge is 0.335 e. The number of carbonyl (C=O) groups is 1. The predicted molar refractivity (Wildman–Crippen MR) is 84.6 cm³/mol. The molecule has 0 aliphatic rings. The summed E-state index contributed by atoms with van der Waals surface area (Å²) in [5, 5.41) is 21.1. The van der Waals surface area contributed by atoms with E-state index in [4.69, 9.17) is 9.52 Å². The summed E-state index contributed by atoms with van der Waals surface area (Å²) in [5.41, 5.74) is 2.17. The van der Waals surface area contributed by atoms with Gasteiger partial charge >= 0.3 is 5.97 Å². The van der Waals surface area contributed by atoms with Gasteiger partial charge in [0.05, 0.1) is 5.56 Å². The SMILES string of the molecule is N#C/C(=C\Nc1cccc(C(=O)O)c1)c1nc2ccccc2o1. The number of fused-ring (bicyclic) bond motifs is 1. The molecule has 0 radical (unpaired) electrons. The van der Waals surface area contributed by atoms with Crippen LogP contribution in [0, 0.1) is 11.3 Å². The third-order valence-corrected chi connectivity index (χ3v) is 3.14. The minimum atomic E-state index is -1.02. The van der Waals surface area contributed by atoms with Gasteiger partial charge in [-0.1, -0.05) is 18.2 Å². The Morgan fingerprint density at radius 1 is 1.26 bits per heavy atom. The number of hydrogen-bond acceptors (Lipinski definition) is 5. The molecule has 3 rings (SSSR count). The number of aromatic nitrogens is 1. The molecule has 6 nitrogen and oxygen atoms in total. The van der Waals surface area contributed by atoms with Crippen LogP contribution in [0.4, 0.5) is 5.69 Å². The molecule has 23 heavy (non-hydrogen) atoms. The fourth-order valence-corrected chi connectivity index (χ4v) is 2.03. The molecule has 3 aromatic rings. The van der Waals surface area contributed by atoms with Crippen molar-refractivity contribution in [1.29, 1.82) is 5.26 Å². The van der Waals surface area contributed by atoms with E-state index < -0.39 is 5.97 Å². The standard InChI is InChI=1S/C17H11N3O3/c18-9-12(16-20-14-6-1-2-7-15(14)23-16)10-19-13-5-3-4-11(8-13)17(21)22/h1-8,10,19H,(H,21,22)/b12-10+. The van der Waals surface area contributed by atoms with Crippen molar-refractivity contribution < 1.29 is 14.3 Å². The van der Waals surface area contributed by atoms with Gasteiger partial charge < -0.3 is 14.8 Å². The van der Waals surface area contributed by atoms with Gasteiger partial charge in [0.15, 0.2) is 5.58 Å². The zero-order valence-electron chi connectivity index (χ0n) is 11.9. The lowest BCUT2D eigenvalue weighted by atomic mass is 10.2. The summed E-state index contributed by atoms with van der Waals surface area (Å²) in [6, 6.07) is 15.5. The molecule has 0 aliphatic heterocycles. The van der Waals surface area contributed by atoms with Crippen molar-refractivity contribution in [3.05, 3.63) is 66.2 Å². The number of carboxylic acid groups (broad SMARTS) is 1. The molecule has 0 fully saturated rings. The highest BCUT2D eigenvalue weighted by atomic mass is 16.4. The van der Waals surface area contributed by atoms with Gasteiger partial charge in [-0.25, -0.2) is 9.78 Å². The Morgan fingerprint density at radius 2 is 2.09 bits per heavy atom. The van der Waals surface area contributed by atoms with Gasteiger partial charge in [0.1, 0.15) is 17.2 Å². The lowest BCUT2D eigenvalue weighted by Gasteiger charge is -2.02. The van der Waals surface area contributed by atoms with Crippen molar-refractivity contribution in [2.24, 2.45) is 0 Å². The number of oxazole rings is 1. The highest BCUT2D eigenvalue weighted by Crippen LogP contribution is 2.21. The first-order valence-corrected chi connectivity index (χ1v) is 6.73. The number of nitrogens with zero attached hydrogens (tertiary/aromatic N) is 2. The van der Waals surface area contributed by atoms with E-state index in [-0.39, 0.29) is 17.0 Å². The van der Waals surface area contributed by atoms with Crippen LogP contribution >= 0.6 is 0 Å². The average Bonchev–Trinajstić information content (AvgIpc) is 2.99. The topological polar surface area (TPSA) is 99.2 Å². The van der Waals surface area contributed by atoms with Crippen LogP contribution in [0.5, 0.6) is 0 Å². The van der Waals surface area contributed by atoms with E-state index in [1.165, 1.54) is 18.3 Å². The number of rotatable bonds is 4. The van der Waals surface area contributed by atoms with Gasteiger partial charge in [0.25, 0.3) is 0 Å². The summed E-state index contributed by atoms with van der Waals surface area (Å²) in [7, 11) is 0. The number of allylic oxidation sites excluding steroid dienone is 1. The fraction of sp³-hybridized carbons (Fsp3) is 0. The van der Waals surface area contributed by atoms with E-state index >= 15 is 0 Å². The van der Waals surface area contributed by atoms with Gasteiger partial charge in [0, 0.05) is 11.9 Å². The Labute approximate surface area is 131 Å². The number of nitrogens with one attached hydrogen (secondary N) is 1. The van der Waals surface area contributed by atoms with Crippen LogP contribution in [-0.4, -0.2) is 16.1 Å². The van der Waals surface area contributed by atoms with Crippen LogP contribution in [0.25, 0.3) is 16.7 Å². The molecule has 1 heterocycles. The maximum absolute atomic E-state index is 10.9. The Morgan fingerprint density at radius 3 is 2.83 bits per heavy atom. The number of aromatic carboxylic acids is 1. The van der Waals surface area contributed by atoms with Gasteiger partial charge in [-0.05, 0) is 30.3 Å². The van der Waals surface area contributed by atoms with Crippen molar-refractivity contribution in [2.75, 3.05) is 5.32 Å². The van der Waals surface area contributed by atoms with E-state index in [1.54, 1.807) is 24.3 Å². The summed E-state index contributed by atoms with van der Waals surface area (Å²) in [4.78, 5) is 15.2. The molecule has 1 aromatic heterocycles. The van der Waals surface area contributed by atoms with Crippen molar-refractivity contribution in [2.45, 2.75) is 0 Å². The van der Waals surface area contributed by atoms with E-state index in [1.807, 2.05) is 18.2 Å². The number of benzene rings is 2. The summed E-state index contributed by atoms with van der Waals surface area (Å²) in [6.45, 7) is 0. The third kappa shape index (κ3) is 3.04. The van der Waals surface area contributed by atoms with Crippen molar-refractivity contribution in [1.82, 2.24) is 4.98 Å². The molecule has 6 heteroatoms. The Hall–Kier alpha value is -3.59. The maximum atomic E-state index is 10.9. The van der Waals surface area contributed by atoms with E-state index in [0.29, 0.717) is 16.8 Å². The zero-order chi connectivity index (χ0) is 16.2. The van der Waals surface area contributed by atoms with Crippen molar-refractivity contribution >= 4 is 28.3 Å². The second-order valence-corrected chi connectivity index (χ2v) is 4.69. The minimum absolute atomic E-state index is 0.156. The average molecular weight is 305 g/mol. The maximum Gasteiger partial charge on any atom is 0.335 e. The van der Waals surface area contributed by atoms with Gasteiger partial charge in [-0.2, -0.15) is 5.26 Å². The van der Waals surface area contributed by atoms with Crippen LogP contribution in [0.15, 0.2) is 59.1 Å². The molecule has 0 amide bonds. The van der Waals surface area contributed by atoms with Crippen LogP contribution in [0.3, 0.4) is 0 Å². The van der Waals surface area contributed by atoms with Crippen molar-refractivity contribution in [3.8, 4) is 6.07 Å². The normalized spacial score (nSPS) is 11.2. The lowest BCUT2D eigenvalue weighted by molar-refractivity contribution is 0.0697. The molecule has 0 bridgehead atoms. The first-order chi connectivity index (χ1) is 11.2. The number of anilines is 1. The number of carboxylic acids is 1. The summed E-state index contributed by atoms with van der Waals surface area (Å²) >= 11 is 0. The molecular weight excluding hydrogens is 294 g/mol. The number of hydrogen-bond donors (Lipinski definition) is 2. The monoisotopic (exact) mass is 305 g/mol. The predicted octanol–water partition coefficient (Wildman–Crippen LogP) is 3.50. The number of nitriles is 1. The largest absolute Gasteiger partial charge is 0.478 e. The second-order valence-electron chi connectivity index (χ2n) is 4.69. The molecule has 0 atom stereocenters. The Bertz CT molecular complexity index is 918. The Kier molecular flexibility index (Phi) is 3.77. The van der Waals surface area contributed by atoms with Crippen LogP contribution in [-0.2, 0) is 0 Å². The molecule has 2 aromatic carbocycles. The molecule has 2 N–H and O–H groups in total. The van der Waals surface area contributed by atoms with Crippen LogP contribution in [0.1, 0.15) is 16.2 Å². The highest BCUT2D eigenvalue weighted by Gasteiger charge is 2.10. The molecule has 0 spiro atoms. The highest BCUT2D eigenvalue weighted by molar-refractivity contribution is 5.89. The molecule has 0 saturated carbocycles. The van der Waals surface area contributed by atoms with Gasteiger partial charge in [-0.3, -0.25) is 0 Å². The summed E-state index contributed by atoms with van der Waals surface area (Å²) < 4.78 is 5.54. The van der Waals surface area contributed by atoms with E-state index in [2.05, 4.69) is 10.3 Å². The zero-order valence-corrected chi connectivity index (χ0v) is 11.9. The van der Waals surface area contributed by atoms with E-state index in [0.717, 1.165) is 0 Å². The quantitative estimate of drug-likeness (QED) is 0.716. The van der Waals surface area contributed by atoms with Crippen LogP contribution in [0.2, 0.25) is 0 Å². The molecule has 0 saturated heterocycles.